The van der Waals surface area contributed by atoms with Gasteiger partial charge in [0.25, 0.3) is 5.56 Å². The maximum Gasteiger partial charge on any atom is 0.255 e. The van der Waals surface area contributed by atoms with Crippen LogP contribution in [0.15, 0.2) is 71.7 Å². The summed E-state index contributed by atoms with van der Waals surface area (Å²) in [6.45, 7) is 0.320. The lowest BCUT2D eigenvalue weighted by atomic mass is 9.94. The third-order valence-electron chi connectivity index (χ3n) is 6.14. The van der Waals surface area contributed by atoms with E-state index in [1.54, 1.807) is 41.3 Å². The van der Waals surface area contributed by atoms with Crippen LogP contribution in [0.2, 0.25) is 5.02 Å². The number of benzene rings is 2. The second-order valence-electron chi connectivity index (χ2n) is 8.64. The molecule has 0 radical (unpaired) electrons. The van der Waals surface area contributed by atoms with Gasteiger partial charge >= 0.3 is 0 Å². The van der Waals surface area contributed by atoms with E-state index in [0.717, 1.165) is 6.07 Å². The molecule has 192 valence electrons. The highest BCUT2D eigenvalue weighted by atomic mass is 35.5. The first kappa shape index (κ1) is 26.1. The van der Waals surface area contributed by atoms with E-state index < -0.39 is 29.5 Å². The molecule has 1 aliphatic rings. The highest BCUT2D eigenvalue weighted by Gasteiger charge is 2.42. The first-order valence-electron chi connectivity index (χ1n) is 11.5. The molecule has 1 aliphatic heterocycles. The monoisotopic (exact) mass is 525 g/mol. The molecule has 0 spiro atoms. The van der Waals surface area contributed by atoms with Crippen LogP contribution in [0.4, 0.5) is 15.8 Å². The fraction of sp³-hybridized carbons (Fsp3) is 0.231. The van der Waals surface area contributed by atoms with Crippen LogP contribution >= 0.6 is 11.6 Å². The third-order valence-corrected chi connectivity index (χ3v) is 6.39. The molecule has 0 unspecified atom stereocenters. The molecule has 37 heavy (non-hydrogen) atoms. The molecular formula is C26H25ClFN5O4. The second kappa shape index (κ2) is 11.4. The number of halogens is 2. The third kappa shape index (κ3) is 6.22. The molecule has 3 aromatic rings. The molecule has 0 aliphatic carbocycles. The van der Waals surface area contributed by atoms with Gasteiger partial charge in [-0.05, 0) is 42.5 Å². The summed E-state index contributed by atoms with van der Waals surface area (Å²) < 4.78 is 16.2. The van der Waals surface area contributed by atoms with Crippen molar-refractivity contribution in [3.63, 3.8) is 0 Å². The summed E-state index contributed by atoms with van der Waals surface area (Å²) in [5.74, 6) is -3.57. The number of nitrogens with one attached hydrogen (secondary N) is 3. The number of aromatic nitrogens is 1. The zero-order chi connectivity index (χ0) is 26.5. The summed E-state index contributed by atoms with van der Waals surface area (Å²) in [7, 11) is 1.50. The van der Waals surface area contributed by atoms with E-state index in [0.29, 0.717) is 16.4 Å². The molecule has 4 rings (SSSR count). The molecule has 1 fully saturated rings. The molecule has 1 saturated heterocycles. The molecule has 2 atom stereocenters. The first-order chi connectivity index (χ1) is 17.7. The number of carbonyl (C=O) groups excluding carboxylic acids is 3. The quantitative estimate of drug-likeness (QED) is 0.439. The van der Waals surface area contributed by atoms with E-state index in [9.17, 15) is 23.6 Å². The SMILES string of the molecule is CNC(=O)CN1C[C@H](C(=O)Nc2ccc(Cl)cc2)[C@@H](C(=O)Nc2ccc(-n3ccccc3=O)cc2F)C1. The Morgan fingerprint density at radius 1 is 0.973 bits per heavy atom. The van der Waals surface area contributed by atoms with Crippen LogP contribution in [0.1, 0.15) is 0 Å². The number of nitrogens with zero attached hydrogens (tertiary/aromatic N) is 2. The van der Waals surface area contributed by atoms with Gasteiger partial charge in [-0.25, -0.2) is 4.39 Å². The van der Waals surface area contributed by atoms with Gasteiger partial charge < -0.3 is 16.0 Å². The summed E-state index contributed by atoms with van der Waals surface area (Å²) in [6, 6.07) is 15.1. The minimum atomic E-state index is -0.840. The number of anilines is 2. The predicted molar refractivity (Wildman–Crippen MR) is 138 cm³/mol. The molecule has 0 saturated carbocycles. The molecule has 1 aromatic heterocycles. The van der Waals surface area contributed by atoms with Crippen molar-refractivity contribution in [1.82, 2.24) is 14.8 Å². The average molecular weight is 526 g/mol. The smallest absolute Gasteiger partial charge is 0.255 e. The lowest BCUT2D eigenvalue weighted by molar-refractivity contribution is -0.127. The van der Waals surface area contributed by atoms with Gasteiger partial charge in [0.2, 0.25) is 17.7 Å². The maximum absolute atomic E-state index is 14.9. The molecule has 0 bridgehead atoms. The van der Waals surface area contributed by atoms with Crippen molar-refractivity contribution in [1.29, 1.82) is 0 Å². The minimum absolute atomic E-state index is 0.0138. The van der Waals surface area contributed by atoms with Crippen LogP contribution in [0.25, 0.3) is 5.69 Å². The number of carbonyl (C=O) groups is 3. The second-order valence-corrected chi connectivity index (χ2v) is 9.08. The van der Waals surface area contributed by atoms with Crippen molar-refractivity contribution in [3.05, 3.63) is 88.1 Å². The number of hydrogen-bond acceptors (Lipinski definition) is 5. The zero-order valence-corrected chi connectivity index (χ0v) is 20.7. The maximum atomic E-state index is 14.9. The average Bonchev–Trinajstić information content (AvgIpc) is 3.31. The van der Waals surface area contributed by atoms with Gasteiger partial charge in [0.15, 0.2) is 0 Å². The van der Waals surface area contributed by atoms with E-state index in [1.807, 2.05) is 0 Å². The number of amides is 3. The van der Waals surface area contributed by atoms with Gasteiger partial charge in [-0.1, -0.05) is 17.7 Å². The van der Waals surface area contributed by atoms with Crippen LogP contribution in [-0.4, -0.2) is 53.9 Å². The fourth-order valence-corrected chi connectivity index (χ4v) is 4.34. The molecule has 3 N–H and O–H groups in total. The molecule has 2 heterocycles. The number of likely N-dealkylation sites (N-methyl/N-ethyl adjacent to an activating group) is 1. The lowest BCUT2D eigenvalue weighted by Crippen LogP contribution is -2.35. The number of rotatable bonds is 7. The van der Waals surface area contributed by atoms with Gasteiger partial charge in [-0.2, -0.15) is 0 Å². The molecule has 3 amide bonds. The van der Waals surface area contributed by atoms with Crippen LogP contribution in [0, 0.1) is 17.7 Å². The minimum Gasteiger partial charge on any atom is -0.358 e. The summed E-state index contributed by atoms with van der Waals surface area (Å²) in [6.07, 6.45) is 1.51. The Bertz CT molecular complexity index is 1380. The highest BCUT2D eigenvalue weighted by Crippen LogP contribution is 2.28. The van der Waals surface area contributed by atoms with Gasteiger partial charge in [0, 0.05) is 49.2 Å². The van der Waals surface area contributed by atoms with Gasteiger partial charge in [0.1, 0.15) is 5.82 Å². The summed E-state index contributed by atoms with van der Waals surface area (Å²) >= 11 is 5.91. The van der Waals surface area contributed by atoms with Crippen LogP contribution in [-0.2, 0) is 14.4 Å². The fourth-order valence-electron chi connectivity index (χ4n) is 4.22. The topological polar surface area (TPSA) is 113 Å². The van der Waals surface area contributed by atoms with Crippen LogP contribution in [0.5, 0.6) is 0 Å². The van der Waals surface area contributed by atoms with Crippen molar-refractivity contribution >= 4 is 40.7 Å². The van der Waals surface area contributed by atoms with Crippen molar-refractivity contribution in [2.75, 3.05) is 37.3 Å². The largest absolute Gasteiger partial charge is 0.358 e. The highest BCUT2D eigenvalue weighted by molar-refractivity contribution is 6.30. The van der Waals surface area contributed by atoms with E-state index in [-0.39, 0.29) is 36.8 Å². The lowest BCUT2D eigenvalue weighted by Gasteiger charge is -2.18. The van der Waals surface area contributed by atoms with Crippen molar-refractivity contribution in [2.24, 2.45) is 11.8 Å². The molecule has 2 aromatic carbocycles. The molecular weight excluding hydrogens is 501 g/mol. The van der Waals surface area contributed by atoms with Crippen molar-refractivity contribution in [2.45, 2.75) is 0 Å². The van der Waals surface area contributed by atoms with Gasteiger partial charge in [-0.3, -0.25) is 28.6 Å². The Morgan fingerprint density at radius 3 is 2.27 bits per heavy atom. The Kier molecular flexibility index (Phi) is 8.00. The van der Waals surface area contributed by atoms with Crippen LogP contribution < -0.4 is 21.5 Å². The van der Waals surface area contributed by atoms with E-state index in [1.165, 1.54) is 36.0 Å². The predicted octanol–water partition coefficient (Wildman–Crippen LogP) is 2.50. The zero-order valence-electron chi connectivity index (χ0n) is 19.9. The number of likely N-dealkylation sites (tertiary alicyclic amines) is 1. The van der Waals surface area contributed by atoms with Gasteiger partial charge in [0.05, 0.1) is 29.8 Å². The molecule has 11 heteroatoms. The van der Waals surface area contributed by atoms with Gasteiger partial charge in [-0.15, -0.1) is 0 Å². The van der Waals surface area contributed by atoms with Crippen molar-refractivity contribution < 1.29 is 18.8 Å². The standard InChI is InChI=1S/C26H25ClFN5O4/c1-29-23(34)15-32-13-19(25(36)30-17-7-5-16(27)6-8-17)20(14-32)26(37)31-22-10-9-18(12-21(22)28)33-11-3-2-4-24(33)35/h2-12,19-20H,13-15H2,1H3,(H,29,34)(H,30,36)(H,31,37)/t19-,20-/m0/s1. The summed E-state index contributed by atoms with van der Waals surface area (Å²) in [5, 5.41) is 8.38. The molecule has 9 nitrogen and oxygen atoms in total. The number of hydrogen-bond donors (Lipinski definition) is 3. The van der Waals surface area contributed by atoms with Crippen LogP contribution in [0.3, 0.4) is 0 Å². The Balaban J connectivity index is 1.52. The van der Waals surface area contributed by atoms with E-state index in [4.69, 9.17) is 11.6 Å². The Hall–Kier alpha value is -4.02. The summed E-state index contributed by atoms with van der Waals surface area (Å²) in [5.41, 5.74) is 0.407. The number of pyridine rings is 1. The van der Waals surface area contributed by atoms with Crippen molar-refractivity contribution in [3.8, 4) is 5.69 Å². The summed E-state index contributed by atoms with van der Waals surface area (Å²) in [4.78, 5) is 52.0. The Labute approximate surface area is 217 Å². The van der Waals surface area contributed by atoms with E-state index in [2.05, 4.69) is 16.0 Å². The van der Waals surface area contributed by atoms with E-state index >= 15 is 0 Å². The Morgan fingerprint density at radius 2 is 1.65 bits per heavy atom. The first-order valence-corrected chi connectivity index (χ1v) is 11.9. The normalized spacial score (nSPS) is 17.3.